The average molecular weight is 716 g/mol. The molecule has 0 fully saturated rings. The van der Waals surface area contributed by atoms with Crippen LogP contribution in [0.25, 0.3) is 94.4 Å². The zero-order chi connectivity index (χ0) is 37.4. The Bertz CT molecular complexity index is 3150. The van der Waals surface area contributed by atoms with Gasteiger partial charge in [0.25, 0.3) is 0 Å². The first-order valence-corrected chi connectivity index (χ1v) is 19.3. The van der Waals surface area contributed by atoms with Crippen molar-refractivity contribution in [2.24, 2.45) is 0 Å². The Morgan fingerprint density at radius 3 is 1.89 bits per heavy atom. The molecule has 1 aliphatic carbocycles. The lowest BCUT2D eigenvalue weighted by Crippen LogP contribution is -2.14. The molecule has 0 aliphatic heterocycles. The van der Waals surface area contributed by atoms with Gasteiger partial charge in [0.1, 0.15) is 0 Å². The van der Waals surface area contributed by atoms with Crippen LogP contribution in [-0.4, -0.2) is 14.5 Å². The fraction of sp³-hybridized carbons (Fsp3) is 0.0566. The van der Waals surface area contributed by atoms with Crippen LogP contribution in [0.3, 0.4) is 0 Å². The molecule has 0 spiro atoms. The second-order valence-electron chi connectivity index (χ2n) is 15.4. The molecular formula is C53H37N3. The summed E-state index contributed by atoms with van der Waals surface area (Å²) in [6, 6.07) is 67.6. The first kappa shape index (κ1) is 32.3. The highest BCUT2D eigenvalue weighted by Gasteiger charge is 2.37. The van der Waals surface area contributed by atoms with Crippen molar-refractivity contribution in [3.05, 3.63) is 199 Å². The molecule has 3 heteroatoms. The molecule has 0 atom stereocenters. The summed E-state index contributed by atoms with van der Waals surface area (Å²) >= 11 is 0. The van der Waals surface area contributed by atoms with Gasteiger partial charge in [-0.15, -0.1) is 0 Å². The van der Waals surface area contributed by atoms with Crippen LogP contribution in [0.4, 0.5) is 0 Å². The third-order valence-electron chi connectivity index (χ3n) is 11.8. The van der Waals surface area contributed by atoms with E-state index in [1.165, 1.54) is 60.4 Å². The first-order chi connectivity index (χ1) is 27.5. The quantitative estimate of drug-likeness (QED) is 0.178. The highest BCUT2D eigenvalue weighted by Crippen LogP contribution is 2.53. The number of fused-ring (bicyclic) bond motifs is 7. The van der Waals surface area contributed by atoms with E-state index in [0.29, 0.717) is 5.82 Å². The van der Waals surface area contributed by atoms with Gasteiger partial charge in [-0.2, -0.15) is 0 Å². The van der Waals surface area contributed by atoms with E-state index in [1.54, 1.807) is 0 Å². The molecule has 0 saturated heterocycles. The zero-order valence-corrected chi connectivity index (χ0v) is 31.2. The van der Waals surface area contributed by atoms with Gasteiger partial charge in [0.15, 0.2) is 5.82 Å². The minimum absolute atomic E-state index is 0.112. The van der Waals surface area contributed by atoms with Crippen molar-refractivity contribution in [3.8, 4) is 61.8 Å². The maximum Gasteiger partial charge on any atom is 0.160 e. The van der Waals surface area contributed by atoms with Gasteiger partial charge in [-0.05, 0) is 92.7 Å². The van der Waals surface area contributed by atoms with E-state index in [4.69, 9.17) is 9.97 Å². The molecule has 2 aromatic heterocycles. The summed E-state index contributed by atoms with van der Waals surface area (Å²) in [7, 11) is 0. The molecule has 0 bridgehead atoms. The van der Waals surface area contributed by atoms with Crippen molar-refractivity contribution in [1.82, 2.24) is 14.5 Å². The van der Waals surface area contributed by atoms with E-state index in [1.807, 2.05) is 6.07 Å². The summed E-state index contributed by atoms with van der Waals surface area (Å²) in [6.45, 7) is 4.72. The van der Waals surface area contributed by atoms with Crippen molar-refractivity contribution in [2.75, 3.05) is 0 Å². The molecule has 0 saturated carbocycles. The molecule has 11 rings (SSSR count). The van der Waals surface area contributed by atoms with Gasteiger partial charge in [-0.25, -0.2) is 9.97 Å². The van der Waals surface area contributed by atoms with Gasteiger partial charge in [-0.1, -0.05) is 153 Å². The second kappa shape index (κ2) is 12.5. The largest absolute Gasteiger partial charge is 0.309 e. The number of hydrogen-bond acceptors (Lipinski definition) is 2. The highest BCUT2D eigenvalue weighted by molar-refractivity contribution is 6.15. The molecular weight excluding hydrogens is 679 g/mol. The Morgan fingerprint density at radius 2 is 1.05 bits per heavy atom. The average Bonchev–Trinajstić information content (AvgIpc) is 3.71. The Balaban J connectivity index is 1.11. The number of rotatable bonds is 5. The predicted molar refractivity (Wildman–Crippen MR) is 233 cm³/mol. The van der Waals surface area contributed by atoms with Gasteiger partial charge in [-0.3, -0.25) is 0 Å². The maximum atomic E-state index is 5.31. The van der Waals surface area contributed by atoms with Crippen LogP contribution in [0.15, 0.2) is 188 Å². The number of nitrogens with zero attached hydrogens (tertiary/aromatic N) is 3. The van der Waals surface area contributed by atoms with Crippen LogP contribution in [0.2, 0.25) is 0 Å². The summed E-state index contributed by atoms with van der Waals surface area (Å²) in [5, 5.41) is 4.92. The lowest BCUT2D eigenvalue weighted by atomic mass is 9.81. The van der Waals surface area contributed by atoms with E-state index >= 15 is 0 Å². The molecule has 10 aromatic rings. The van der Waals surface area contributed by atoms with Crippen molar-refractivity contribution >= 4 is 32.6 Å². The SMILES string of the molecule is CC1(C)c2cc3ccccc3cc2-c2c(-c3cccc(-c4cc(-c5cccc6c5c5ccccc5n6-c5ccccc5)nc(-c5ccccc5)n4)c3)cccc21. The molecule has 0 radical (unpaired) electrons. The summed E-state index contributed by atoms with van der Waals surface area (Å²) in [5.74, 6) is 0.704. The van der Waals surface area contributed by atoms with Crippen LogP contribution in [0, 0.1) is 0 Å². The first-order valence-electron chi connectivity index (χ1n) is 19.3. The topological polar surface area (TPSA) is 30.7 Å². The molecule has 3 nitrogen and oxygen atoms in total. The number of benzene rings is 8. The van der Waals surface area contributed by atoms with Crippen LogP contribution in [0.5, 0.6) is 0 Å². The van der Waals surface area contributed by atoms with Gasteiger partial charge < -0.3 is 4.57 Å². The lowest BCUT2D eigenvalue weighted by molar-refractivity contribution is 0.661. The fourth-order valence-corrected chi connectivity index (χ4v) is 9.10. The lowest BCUT2D eigenvalue weighted by Gasteiger charge is -2.22. The summed E-state index contributed by atoms with van der Waals surface area (Å²) in [5.41, 5.74) is 16.0. The van der Waals surface area contributed by atoms with Gasteiger partial charge in [0, 0.05) is 38.6 Å². The molecule has 0 amide bonds. The van der Waals surface area contributed by atoms with Gasteiger partial charge >= 0.3 is 0 Å². The maximum absolute atomic E-state index is 5.31. The molecule has 1 aliphatic rings. The Morgan fingerprint density at radius 1 is 0.429 bits per heavy atom. The van der Waals surface area contributed by atoms with Crippen LogP contribution in [-0.2, 0) is 5.41 Å². The molecule has 264 valence electrons. The second-order valence-corrected chi connectivity index (χ2v) is 15.4. The normalized spacial score (nSPS) is 13.0. The van der Waals surface area contributed by atoms with E-state index < -0.39 is 0 Å². The number of para-hydroxylation sites is 2. The monoisotopic (exact) mass is 715 g/mol. The van der Waals surface area contributed by atoms with Crippen molar-refractivity contribution in [3.63, 3.8) is 0 Å². The molecule has 2 heterocycles. The van der Waals surface area contributed by atoms with Gasteiger partial charge in [0.05, 0.1) is 22.4 Å². The van der Waals surface area contributed by atoms with Crippen LogP contribution < -0.4 is 0 Å². The minimum Gasteiger partial charge on any atom is -0.309 e. The van der Waals surface area contributed by atoms with Crippen molar-refractivity contribution < 1.29 is 0 Å². The Hall–Kier alpha value is -7.10. The van der Waals surface area contributed by atoms with E-state index in [0.717, 1.165) is 39.3 Å². The summed E-state index contributed by atoms with van der Waals surface area (Å²) < 4.78 is 2.36. The standard InChI is InChI=1S/C53H37N3/c1-53(2)44-27-14-25-40(50(44)43-31-35-18-9-10-19-36(35)32-45(43)53)37-20-13-21-38(30-37)46-33-47(55-52(54-46)34-16-5-3-6-17-34)41-26-15-29-49-51(41)42-24-11-12-28-48(42)56(49)39-22-7-4-8-23-39/h3-33H,1-2H3. The third kappa shape index (κ3) is 4.98. The fourth-order valence-electron chi connectivity index (χ4n) is 9.10. The predicted octanol–water partition coefficient (Wildman–Crippen LogP) is 13.7. The number of aromatic nitrogens is 3. The number of hydrogen-bond donors (Lipinski definition) is 0. The molecule has 0 N–H and O–H groups in total. The highest BCUT2D eigenvalue weighted by atomic mass is 15.0. The van der Waals surface area contributed by atoms with E-state index in [-0.39, 0.29) is 5.41 Å². The van der Waals surface area contributed by atoms with Crippen LogP contribution in [0.1, 0.15) is 25.0 Å². The Labute approximate surface area is 326 Å². The van der Waals surface area contributed by atoms with E-state index in [9.17, 15) is 0 Å². The van der Waals surface area contributed by atoms with Crippen LogP contribution >= 0.6 is 0 Å². The summed E-state index contributed by atoms with van der Waals surface area (Å²) in [6.07, 6.45) is 0. The Kier molecular flexibility index (Phi) is 7.20. The van der Waals surface area contributed by atoms with Gasteiger partial charge in [0.2, 0.25) is 0 Å². The zero-order valence-electron chi connectivity index (χ0n) is 31.2. The smallest absolute Gasteiger partial charge is 0.160 e. The van der Waals surface area contributed by atoms with Crippen molar-refractivity contribution in [2.45, 2.75) is 19.3 Å². The molecule has 56 heavy (non-hydrogen) atoms. The van der Waals surface area contributed by atoms with E-state index in [2.05, 4.69) is 200 Å². The third-order valence-corrected chi connectivity index (χ3v) is 11.8. The summed E-state index contributed by atoms with van der Waals surface area (Å²) in [4.78, 5) is 10.6. The molecule has 8 aromatic carbocycles. The van der Waals surface area contributed by atoms with Crippen molar-refractivity contribution in [1.29, 1.82) is 0 Å². The minimum atomic E-state index is -0.112. The molecule has 0 unspecified atom stereocenters.